The first-order valence-electron chi connectivity index (χ1n) is 5.93. The third-order valence-corrected chi connectivity index (χ3v) is 2.91. The van der Waals surface area contributed by atoms with Crippen molar-refractivity contribution in [3.05, 3.63) is 52.7 Å². The fraction of sp³-hybridized carbons (Fsp3) is 0.143. The molecule has 0 aliphatic rings. The van der Waals surface area contributed by atoms with Crippen LogP contribution in [0.15, 0.2) is 34.9 Å². The zero-order valence-corrected chi connectivity index (χ0v) is 11.7. The summed E-state index contributed by atoms with van der Waals surface area (Å²) in [6, 6.07) is 5.19. The number of benzene rings is 1. The number of ether oxygens (including phenoxy) is 1. The number of halogens is 2. The third kappa shape index (κ3) is 3.82. The van der Waals surface area contributed by atoms with Gasteiger partial charge in [-0.05, 0) is 31.2 Å². The molecule has 1 aromatic carbocycles. The Bertz CT molecular complexity index is 683. The van der Waals surface area contributed by atoms with Gasteiger partial charge >= 0.3 is 5.97 Å². The number of carbonyl (C=O) groups is 2. The van der Waals surface area contributed by atoms with Crippen LogP contribution in [0.2, 0.25) is 5.02 Å². The number of esters is 1. The van der Waals surface area contributed by atoms with Gasteiger partial charge in [-0.15, -0.1) is 0 Å². The first-order chi connectivity index (χ1) is 9.97. The number of anilines is 1. The molecule has 2 aromatic rings. The van der Waals surface area contributed by atoms with E-state index < -0.39 is 24.3 Å². The molecule has 1 heterocycles. The molecule has 0 spiro atoms. The van der Waals surface area contributed by atoms with E-state index >= 15 is 0 Å². The Labute approximate surface area is 124 Å². The highest BCUT2D eigenvalue weighted by molar-refractivity contribution is 6.31. The largest absolute Gasteiger partial charge is 0.469 e. The maximum atomic E-state index is 13.0. The molecule has 1 N–H and O–H groups in total. The number of rotatable bonds is 4. The number of aryl methyl sites for hydroxylation is 1. The highest BCUT2D eigenvalue weighted by Gasteiger charge is 2.14. The second-order valence-electron chi connectivity index (χ2n) is 4.14. The van der Waals surface area contributed by atoms with Crippen molar-refractivity contribution >= 4 is 29.2 Å². The SMILES string of the molecule is Cc1occc1C(=O)OCC(=O)Nc1ccc(F)c(Cl)c1. The molecule has 0 saturated heterocycles. The van der Waals surface area contributed by atoms with E-state index in [1.165, 1.54) is 24.5 Å². The fourth-order valence-corrected chi connectivity index (χ4v) is 1.76. The Balaban J connectivity index is 1.89. The second-order valence-corrected chi connectivity index (χ2v) is 4.55. The Morgan fingerprint density at radius 3 is 2.76 bits per heavy atom. The molecular formula is C14H11ClFNO4. The van der Waals surface area contributed by atoms with Crippen molar-refractivity contribution in [3.63, 3.8) is 0 Å². The van der Waals surface area contributed by atoms with Gasteiger partial charge in [0, 0.05) is 5.69 Å². The van der Waals surface area contributed by atoms with Gasteiger partial charge in [-0.25, -0.2) is 9.18 Å². The standard InChI is InChI=1S/C14H11ClFNO4/c1-8-10(4-5-20-8)14(19)21-7-13(18)17-9-2-3-12(16)11(15)6-9/h2-6H,7H2,1H3,(H,17,18). The zero-order valence-electron chi connectivity index (χ0n) is 11.0. The van der Waals surface area contributed by atoms with Crippen molar-refractivity contribution in [2.45, 2.75) is 6.92 Å². The number of amides is 1. The normalized spacial score (nSPS) is 10.2. The summed E-state index contributed by atoms with van der Waals surface area (Å²) in [5, 5.41) is 2.32. The number of hydrogen-bond acceptors (Lipinski definition) is 4. The van der Waals surface area contributed by atoms with E-state index in [-0.39, 0.29) is 10.6 Å². The minimum absolute atomic E-state index is 0.112. The molecule has 0 radical (unpaired) electrons. The van der Waals surface area contributed by atoms with Crippen molar-refractivity contribution in [2.75, 3.05) is 11.9 Å². The van der Waals surface area contributed by atoms with Gasteiger partial charge in [-0.2, -0.15) is 0 Å². The van der Waals surface area contributed by atoms with Gasteiger partial charge in [-0.3, -0.25) is 4.79 Å². The van der Waals surface area contributed by atoms with E-state index in [0.717, 1.165) is 6.07 Å². The van der Waals surface area contributed by atoms with E-state index in [0.29, 0.717) is 11.4 Å². The van der Waals surface area contributed by atoms with Crippen molar-refractivity contribution in [3.8, 4) is 0 Å². The summed E-state index contributed by atoms with van der Waals surface area (Å²) in [7, 11) is 0. The van der Waals surface area contributed by atoms with Crippen LogP contribution in [0.4, 0.5) is 10.1 Å². The van der Waals surface area contributed by atoms with Crippen LogP contribution in [0.5, 0.6) is 0 Å². The van der Waals surface area contributed by atoms with Gasteiger partial charge in [0.2, 0.25) is 0 Å². The molecule has 0 atom stereocenters. The molecule has 0 bridgehead atoms. The molecule has 0 unspecified atom stereocenters. The van der Waals surface area contributed by atoms with Gasteiger partial charge in [0.25, 0.3) is 5.91 Å². The molecule has 2 rings (SSSR count). The number of nitrogens with one attached hydrogen (secondary N) is 1. The van der Waals surface area contributed by atoms with E-state index in [1.807, 2.05) is 0 Å². The molecule has 1 amide bonds. The summed E-state index contributed by atoms with van der Waals surface area (Å²) >= 11 is 5.59. The van der Waals surface area contributed by atoms with Crippen molar-refractivity contribution in [1.82, 2.24) is 0 Å². The molecule has 0 fully saturated rings. The molecule has 7 heteroatoms. The average Bonchev–Trinajstić information content (AvgIpc) is 2.86. The molecular weight excluding hydrogens is 301 g/mol. The summed E-state index contributed by atoms with van der Waals surface area (Å²) in [6.07, 6.45) is 1.35. The smallest absolute Gasteiger partial charge is 0.342 e. The minimum atomic E-state index is -0.659. The summed E-state index contributed by atoms with van der Waals surface area (Å²) in [5.74, 6) is -1.40. The lowest BCUT2D eigenvalue weighted by atomic mass is 10.3. The Hall–Kier alpha value is -2.34. The van der Waals surface area contributed by atoms with Gasteiger partial charge in [0.1, 0.15) is 17.1 Å². The number of hydrogen-bond donors (Lipinski definition) is 1. The van der Waals surface area contributed by atoms with Crippen LogP contribution < -0.4 is 5.32 Å². The lowest BCUT2D eigenvalue weighted by Crippen LogP contribution is -2.21. The first kappa shape index (κ1) is 15.1. The fourth-order valence-electron chi connectivity index (χ4n) is 1.58. The van der Waals surface area contributed by atoms with E-state index in [9.17, 15) is 14.0 Å². The van der Waals surface area contributed by atoms with Crippen LogP contribution in [0.3, 0.4) is 0 Å². The highest BCUT2D eigenvalue weighted by atomic mass is 35.5. The monoisotopic (exact) mass is 311 g/mol. The highest BCUT2D eigenvalue weighted by Crippen LogP contribution is 2.19. The number of furan rings is 1. The minimum Gasteiger partial charge on any atom is -0.469 e. The summed E-state index contributed by atoms with van der Waals surface area (Å²) in [6.45, 7) is 1.13. The summed E-state index contributed by atoms with van der Waals surface area (Å²) < 4.78 is 22.8. The van der Waals surface area contributed by atoms with E-state index in [4.69, 9.17) is 20.8 Å². The van der Waals surface area contributed by atoms with E-state index in [1.54, 1.807) is 6.92 Å². The topological polar surface area (TPSA) is 68.5 Å². The van der Waals surface area contributed by atoms with Crippen molar-refractivity contribution in [2.24, 2.45) is 0 Å². The van der Waals surface area contributed by atoms with Crippen LogP contribution in [0.1, 0.15) is 16.1 Å². The molecule has 0 aliphatic carbocycles. The molecule has 110 valence electrons. The Morgan fingerprint density at radius 1 is 1.38 bits per heavy atom. The maximum Gasteiger partial charge on any atom is 0.342 e. The van der Waals surface area contributed by atoms with Gasteiger partial charge in [0.15, 0.2) is 6.61 Å². The van der Waals surface area contributed by atoms with Crippen molar-refractivity contribution in [1.29, 1.82) is 0 Å². The van der Waals surface area contributed by atoms with Crippen LogP contribution in [-0.4, -0.2) is 18.5 Å². The van der Waals surface area contributed by atoms with Crippen LogP contribution >= 0.6 is 11.6 Å². The van der Waals surface area contributed by atoms with Crippen LogP contribution in [0.25, 0.3) is 0 Å². The molecule has 0 aliphatic heterocycles. The van der Waals surface area contributed by atoms with Crippen LogP contribution in [0, 0.1) is 12.7 Å². The molecule has 1 aromatic heterocycles. The lowest BCUT2D eigenvalue weighted by molar-refractivity contribution is -0.119. The average molecular weight is 312 g/mol. The molecule has 0 saturated carbocycles. The van der Waals surface area contributed by atoms with Crippen LogP contribution in [-0.2, 0) is 9.53 Å². The molecule has 21 heavy (non-hydrogen) atoms. The van der Waals surface area contributed by atoms with Gasteiger partial charge in [0.05, 0.1) is 11.3 Å². The van der Waals surface area contributed by atoms with E-state index in [2.05, 4.69) is 5.32 Å². The molecule has 5 nitrogen and oxygen atoms in total. The third-order valence-electron chi connectivity index (χ3n) is 2.62. The Kier molecular flexibility index (Phi) is 4.59. The maximum absolute atomic E-state index is 13.0. The quantitative estimate of drug-likeness (QED) is 0.881. The lowest BCUT2D eigenvalue weighted by Gasteiger charge is -2.07. The zero-order chi connectivity index (χ0) is 15.4. The predicted molar refractivity (Wildman–Crippen MR) is 73.8 cm³/mol. The summed E-state index contributed by atoms with van der Waals surface area (Å²) in [4.78, 5) is 23.3. The summed E-state index contributed by atoms with van der Waals surface area (Å²) in [5.41, 5.74) is 0.564. The van der Waals surface area contributed by atoms with Crippen molar-refractivity contribution < 1.29 is 23.1 Å². The second kappa shape index (κ2) is 6.41. The van der Waals surface area contributed by atoms with Gasteiger partial charge in [-0.1, -0.05) is 11.6 Å². The Morgan fingerprint density at radius 2 is 2.14 bits per heavy atom. The predicted octanol–water partition coefficient (Wildman–Crippen LogP) is 3.18. The van der Waals surface area contributed by atoms with Gasteiger partial charge < -0.3 is 14.5 Å². The first-order valence-corrected chi connectivity index (χ1v) is 6.31. The number of carbonyl (C=O) groups excluding carboxylic acids is 2.